The van der Waals surface area contributed by atoms with Crippen LogP contribution in [0.2, 0.25) is 5.02 Å². The van der Waals surface area contributed by atoms with Gasteiger partial charge < -0.3 is 9.73 Å². The fourth-order valence-corrected chi connectivity index (χ4v) is 4.56. The Hall–Kier alpha value is -3.67. The molecular weight excluding hydrogens is 452 g/mol. The maximum atomic E-state index is 12.5. The Bertz CT molecular complexity index is 1450. The third-order valence-electron chi connectivity index (χ3n) is 5.18. The van der Waals surface area contributed by atoms with Gasteiger partial charge in [-0.25, -0.2) is 4.98 Å². The third kappa shape index (κ3) is 4.75. The molecule has 1 N–H and O–H groups in total. The van der Waals surface area contributed by atoms with Crippen molar-refractivity contribution in [2.24, 2.45) is 0 Å². The lowest BCUT2D eigenvalue weighted by molar-refractivity contribution is -0.111. The van der Waals surface area contributed by atoms with Gasteiger partial charge in [0, 0.05) is 27.9 Å². The summed E-state index contributed by atoms with van der Waals surface area (Å²) in [5.74, 6) is 1.08. The highest BCUT2D eigenvalue weighted by atomic mass is 35.5. The molecular formula is C27H19ClN2O2S. The fraction of sp³-hybridized carbons (Fsp3) is 0.0370. The van der Waals surface area contributed by atoms with Crippen molar-refractivity contribution in [3.8, 4) is 21.9 Å². The number of amides is 1. The zero-order valence-corrected chi connectivity index (χ0v) is 19.3. The molecule has 0 spiro atoms. The maximum absolute atomic E-state index is 12.5. The number of benzene rings is 3. The molecule has 0 aliphatic heterocycles. The molecule has 6 heteroatoms. The first-order valence-electron chi connectivity index (χ1n) is 10.4. The maximum Gasteiger partial charge on any atom is 0.248 e. The summed E-state index contributed by atoms with van der Waals surface area (Å²) in [6, 6.07) is 25.1. The van der Waals surface area contributed by atoms with E-state index in [9.17, 15) is 4.79 Å². The van der Waals surface area contributed by atoms with E-state index in [-0.39, 0.29) is 5.91 Å². The van der Waals surface area contributed by atoms with Gasteiger partial charge in [0.05, 0.1) is 10.2 Å². The molecule has 2 aromatic heterocycles. The van der Waals surface area contributed by atoms with Crippen LogP contribution in [0.3, 0.4) is 0 Å². The third-order valence-corrected chi connectivity index (χ3v) is 6.52. The summed E-state index contributed by atoms with van der Waals surface area (Å²) in [4.78, 5) is 17.2. The van der Waals surface area contributed by atoms with Gasteiger partial charge in [0.2, 0.25) is 5.91 Å². The summed E-state index contributed by atoms with van der Waals surface area (Å²) in [5.41, 5.74) is 4.68. The van der Waals surface area contributed by atoms with E-state index in [1.54, 1.807) is 17.4 Å². The normalized spacial score (nSPS) is 11.3. The first-order chi connectivity index (χ1) is 16.0. The van der Waals surface area contributed by atoms with Crippen molar-refractivity contribution in [3.63, 3.8) is 0 Å². The van der Waals surface area contributed by atoms with Crippen LogP contribution >= 0.6 is 22.9 Å². The summed E-state index contributed by atoms with van der Waals surface area (Å²) < 4.78 is 6.97. The van der Waals surface area contributed by atoms with Gasteiger partial charge >= 0.3 is 0 Å². The van der Waals surface area contributed by atoms with Gasteiger partial charge in [-0.2, -0.15) is 0 Å². The van der Waals surface area contributed by atoms with Crippen LogP contribution in [-0.4, -0.2) is 10.9 Å². The molecule has 0 radical (unpaired) electrons. The van der Waals surface area contributed by atoms with Crippen LogP contribution in [-0.2, 0) is 4.79 Å². The predicted octanol–water partition coefficient (Wildman–Crippen LogP) is 7.84. The van der Waals surface area contributed by atoms with Crippen LogP contribution in [0.1, 0.15) is 11.3 Å². The zero-order chi connectivity index (χ0) is 22.8. The van der Waals surface area contributed by atoms with Gasteiger partial charge in [-0.3, -0.25) is 4.79 Å². The number of anilines is 1. The van der Waals surface area contributed by atoms with Gasteiger partial charge in [-0.15, -0.1) is 11.3 Å². The van der Waals surface area contributed by atoms with Crippen molar-refractivity contribution in [1.82, 2.24) is 4.98 Å². The Morgan fingerprint density at radius 1 is 1.00 bits per heavy atom. The molecule has 162 valence electrons. The fourth-order valence-electron chi connectivity index (χ4n) is 3.48. The topological polar surface area (TPSA) is 55.1 Å². The molecule has 2 heterocycles. The lowest BCUT2D eigenvalue weighted by Gasteiger charge is -2.07. The monoisotopic (exact) mass is 470 g/mol. The number of carbonyl (C=O) groups is 1. The van der Waals surface area contributed by atoms with E-state index in [0.717, 1.165) is 37.6 Å². The molecule has 1 amide bonds. The number of para-hydroxylation sites is 1. The smallest absolute Gasteiger partial charge is 0.248 e. The van der Waals surface area contributed by atoms with Crippen LogP contribution in [0.4, 0.5) is 5.69 Å². The molecule has 5 aromatic rings. The van der Waals surface area contributed by atoms with Crippen molar-refractivity contribution in [1.29, 1.82) is 0 Å². The molecule has 5 rings (SSSR count). The highest BCUT2D eigenvalue weighted by Crippen LogP contribution is 2.32. The van der Waals surface area contributed by atoms with Gasteiger partial charge in [-0.05, 0) is 85.3 Å². The second kappa shape index (κ2) is 9.06. The average Bonchev–Trinajstić information content (AvgIpc) is 3.47. The molecule has 33 heavy (non-hydrogen) atoms. The zero-order valence-electron chi connectivity index (χ0n) is 17.7. The van der Waals surface area contributed by atoms with Crippen molar-refractivity contribution in [3.05, 3.63) is 101 Å². The Morgan fingerprint density at radius 2 is 1.79 bits per heavy atom. The minimum atomic E-state index is -0.227. The molecule has 0 atom stereocenters. The van der Waals surface area contributed by atoms with Crippen LogP contribution < -0.4 is 5.32 Å². The van der Waals surface area contributed by atoms with E-state index in [2.05, 4.69) is 11.4 Å². The number of aromatic nitrogens is 1. The summed E-state index contributed by atoms with van der Waals surface area (Å²) >= 11 is 7.59. The highest BCUT2D eigenvalue weighted by Gasteiger charge is 2.09. The van der Waals surface area contributed by atoms with Gasteiger partial charge in [-0.1, -0.05) is 23.7 Å². The molecule has 0 bridgehead atoms. The summed E-state index contributed by atoms with van der Waals surface area (Å²) in [7, 11) is 0. The number of nitrogens with zero attached hydrogens (tertiary/aromatic N) is 1. The number of fused-ring (bicyclic) bond motifs is 1. The number of halogens is 1. The molecule has 0 unspecified atom stereocenters. The molecule has 0 aliphatic rings. The van der Waals surface area contributed by atoms with E-state index in [4.69, 9.17) is 21.0 Å². The van der Waals surface area contributed by atoms with E-state index in [1.165, 1.54) is 6.08 Å². The molecule has 0 fully saturated rings. The number of furan rings is 1. The quantitative estimate of drug-likeness (QED) is 0.266. The summed E-state index contributed by atoms with van der Waals surface area (Å²) in [5, 5.41) is 4.57. The standard InChI is InChI=1S/C27H19ClN2O2S/c1-17-16-19(27-30-23-4-2-3-5-25(23)33-27)8-13-22(17)29-26(31)15-12-21-11-14-24(32-21)18-6-9-20(28)10-7-18/h2-16H,1H3,(H,29,31)/b15-12+. The van der Waals surface area contributed by atoms with Crippen molar-refractivity contribution in [2.75, 3.05) is 5.32 Å². The van der Waals surface area contributed by atoms with Crippen molar-refractivity contribution < 1.29 is 9.21 Å². The van der Waals surface area contributed by atoms with E-state index in [0.29, 0.717) is 16.5 Å². The summed E-state index contributed by atoms with van der Waals surface area (Å²) in [6.07, 6.45) is 3.12. The number of hydrogen-bond acceptors (Lipinski definition) is 4. The Labute approximate surface area is 200 Å². The Kier molecular flexibility index (Phi) is 5.82. The summed E-state index contributed by atoms with van der Waals surface area (Å²) in [6.45, 7) is 1.97. The second-order valence-corrected chi connectivity index (χ2v) is 9.02. The van der Waals surface area contributed by atoms with Gasteiger partial charge in [0.1, 0.15) is 16.5 Å². The van der Waals surface area contributed by atoms with Crippen molar-refractivity contribution in [2.45, 2.75) is 6.92 Å². The van der Waals surface area contributed by atoms with E-state index >= 15 is 0 Å². The lowest BCUT2D eigenvalue weighted by atomic mass is 10.1. The number of carbonyl (C=O) groups excluding carboxylic acids is 1. The molecule has 0 saturated heterocycles. The van der Waals surface area contributed by atoms with Crippen LogP contribution in [0, 0.1) is 6.92 Å². The average molecular weight is 471 g/mol. The molecule has 4 nitrogen and oxygen atoms in total. The van der Waals surface area contributed by atoms with E-state index < -0.39 is 0 Å². The van der Waals surface area contributed by atoms with Crippen LogP contribution in [0.5, 0.6) is 0 Å². The number of rotatable bonds is 5. The Balaban J connectivity index is 1.27. The van der Waals surface area contributed by atoms with E-state index in [1.807, 2.05) is 79.7 Å². The lowest BCUT2D eigenvalue weighted by Crippen LogP contribution is -2.08. The first kappa shape index (κ1) is 21.2. The number of thiazole rings is 1. The Morgan fingerprint density at radius 3 is 2.58 bits per heavy atom. The van der Waals surface area contributed by atoms with Crippen LogP contribution in [0.15, 0.2) is 89.4 Å². The minimum Gasteiger partial charge on any atom is -0.457 e. The minimum absolute atomic E-state index is 0.227. The largest absolute Gasteiger partial charge is 0.457 e. The second-order valence-electron chi connectivity index (χ2n) is 7.55. The SMILES string of the molecule is Cc1cc(-c2nc3ccccc3s2)ccc1NC(=O)/C=C/c1ccc(-c2ccc(Cl)cc2)o1. The van der Waals surface area contributed by atoms with Gasteiger partial charge in [0.15, 0.2) is 0 Å². The molecule has 0 saturated carbocycles. The number of aryl methyl sites for hydroxylation is 1. The molecule has 3 aromatic carbocycles. The first-order valence-corrected chi connectivity index (χ1v) is 11.6. The van der Waals surface area contributed by atoms with Gasteiger partial charge in [0.25, 0.3) is 0 Å². The number of hydrogen-bond donors (Lipinski definition) is 1. The van der Waals surface area contributed by atoms with Crippen LogP contribution in [0.25, 0.3) is 38.2 Å². The predicted molar refractivity (Wildman–Crippen MR) is 137 cm³/mol. The number of nitrogens with one attached hydrogen (secondary N) is 1. The highest BCUT2D eigenvalue weighted by molar-refractivity contribution is 7.21. The molecule has 0 aliphatic carbocycles. The van der Waals surface area contributed by atoms with Crippen molar-refractivity contribution >= 4 is 50.8 Å².